The van der Waals surface area contributed by atoms with Crippen LogP contribution in [0.4, 0.5) is 0 Å². The van der Waals surface area contributed by atoms with Crippen LogP contribution in [0.25, 0.3) is 33.3 Å². The van der Waals surface area contributed by atoms with Crippen molar-refractivity contribution in [2.24, 2.45) is 0 Å². The number of hydrogen-bond acceptors (Lipinski definition) is 9. The number of ether oxygens (including phenoxy) is 1. The van der Waals surface area contributed by atoms with Crippen molar-refractivity contribution < 1.29 is 29.3 Å². The molecule has 0 bridgehead atoms. The van der Waals surface area contributed by atoms with Gasteiger partial charge < -0.3 is 24.5 Å². The highest BCUT2D eigenvalue weighted by atomic mass is 16.5. The summed E-state index contributed by atoms with van der Waals surface area (Å²) < 4.78 is 11.0. The fraction of sp³-hybridized carbons (Fsp3) is 0.111. The summed E-state index contributed by atoms with van der Waals surface area (Å²) in [7, 11) is 1.23. The van der Waals surface area contributed by atoms with Crippen molar-refractivity contribution in [2.45, 2.75) is 12.3 Å². The van der Waals surface area contributed by atoms with Crippen LogP contribution in [0.2, 0.25) is 0 Å². The van der Waals surface area contributed by atoms with Gasteiger partial charge in [0.2, 0.25) is 5.75 Å². The highest BCUT2D eigenvalue weighted by molar-refractivity contribution is 5.94. The monoisotopic (exact) mass is 484 g/mol. The second-order valence-electron chi connectivity index (χ2n) is 8.14. The van der Waals surface area contributed by atoms with Crippen LogP contribution in [0, 0.1) is 0 Å². The van der Waals surface area contributed by atoms with E-state index in [9.17, 15) is 24.9 Å². The minimum Gasteiger partial charge on any atom is -0.504 e. The Morgan fingerprint density at radius 2 is 1.67 bits per heavy atom. The molecule has 0 spiro atoms. The topological polar surface area (TPSA) is 143 Å². The number of rotatable bonds is 5. The zero-order chi connectivity index (χ0) is 25.4. The lowest BCUT2D eigenvalue weighted by molar-refractivity contribution is -0.140. The van der Waals surface area contributed by atoms with Gasteiger partial charge in [-0.15, -0.1) is 0 Å². The quantitative estimate of drug-likeness (QED) is 0.247. The molecule has 0 aliphatic rings. The highest BCUT2D eigenvalue weighted by Crippen LogP contribution is 2.49. The van der Waals surface area contributed by atoms with Crippen LogP contribution in [-0.4, -0.2) is 38.4 Å². The number of phenols is 3. The van der Waals surface area contributed by atoms with Crippen molar-refractivity contribution >= 4 is 28.0 Å². The summed E-state index contributed by atoms with van der Waals surface area (Å²) in [5.41, 5.74) is 1.39. The lowest BCUT2D eigenvalue weighted by Crippen LogP contribution is -2.12. The largest absolute Gasteiger partial charge is 0.504 e. The fourth-order valence-electron chi connectivity index (χ4n) is 4.27. The van der Waals surface area contributed by atoms with Gasteiger partial charge in [-0.05, 0) is 17.7 Å². The third-order valence-electron chi connectivity index (χ3n) is 6.03. The molecule has 36 heavy (non-hydrogen) atoms. The van der Waals surface area contributed by atoms with Gasteiger partial charge in [-0.2, -0.15) is 0 Å². The van der Waals surface area contributed by atoms with E-state index in [-0.39, 0.29) is 28.7 Å². The molecule has 2 aromatic heterocycles. The maximum absolute atomic E-state index is 13.1. The van der Waals surface area contributed by atoms with Gasteiger partial charge >= 0.3 is 5.97 Å². The molecule has 0 radical (unpaired) electrons. The molecule has 180 valence electrons. The van der Waals surface area contributed by atoms with Gasteiger partial charge in [0, 0.05) is 35.5 Å². The Kier molecular flexibility index (Phi) is 5.73. The van der Waals surface area contributed by atoms with E-state index < -0.39 is 34.6 Å². The number of methoxy groups -OCH3 is 1. The Bertz CT molecular complexity index is 1680. The number of aromatic hydroxyl groups is 3. The average Bonchev–Trinajstić information content (AvgIpc) is 2.91. The minimum atomic E-state index is -0.938. The average molecular weight is 484 g/mol. The van der Waals surface area contributed by atoms with E-state index in [0.717, 1.165) is 0 Å². The summed E-state index contributed by atoms with van der Waals surface area (Å²) in [5, 5.41) is 31.8. The molecular weight excluding hydrogens is 464 g/mol. The van der Waals surface area contributed by atoms with E-state index in [1.54, 1.807) is 54.7 Å². The molecule has 1 atom stereocenters. The molecule has 0 aliphatic carbocycles. The molecule has 9 nitrogen and oxygen atoms in total. The molecule has 5 rings (SSSR count). The van der Waals surface area contributed by atoms with Gasteiger partial charge in [-0.25, -0.2) is 0 Å². The fourth-order valence-corrected chi connectivity index (χ4v) is 4.27. The maximum atomic E-state index is 13.1. The number of hydrogen-bond donors (Lipinski definition) is 3. The van der Waals surface area contributed by atoms with Crippen molar-refractivity contribution in [3.8, 4) is 28.6 Å². The molecule has 2 heterocycles. The van der Waals surface area contributed by atoms with Gasteiger partial charge in [-0.1, -0.05) is 36.4 Å². The zero-order valence-corrected chi connectivity index (χ0v) is 19.0. The van der Waals surface area contributed by atoms with Gasteiger partial charge in [0.25, 0.3) is 0 Å². The smallest absolute Gasteiger partial charge is 0.306 e. The van der Waals surface area contributed by atoms with E-state index in [2.05, 4.69) is 9.97 Å². The van der Waals surface area contributed by atoms with Crippen LogP contribution in [0.5, 0.6) is 17.2 Å². The van der Waals surface area contributed by atoms with Crippen molar-refractivity contribution in [1.82, 2.24) is 9.97 Å². The number of nitrogens with zero attached hydrogens (tertiary/aromatic N) is 2. The first-order valence-corrected chi connectivity index (χ1v) is 11.0. The summed E-state index contributed by atoms with van der Waals surface area (Å²) >= 11 is 0. The predicted octanol–water partition coefficient (Wildman–Crippen LogP) is 4.22. The van der Waals surface area contributed by atoms with Crippen LogP contribution < -0.4 is 5.43 Å². The zero-order valence-electron chi connectivity index (χ0n) is 19.0. The molecule has 3 aromatic carbocycles. The number of phenolic OH excluding ortho intramolecular Hbond substituents is 3. The van der Waals surface area contributed by atoms with E-state index in [0.29, 0.717) is 22.2 Å². The van der Waals surface area contributed by atoms with Gasteiger partial charge in [0.15, 0.2) is 16.9 Å². The lowest BCUT2D eigenvalue weighted by atomic mass is 9.86. The van der Waals surface area contributed by atoms with Crippen molar-refractivity contribution in [2.75, 3.05) is 7.11 Å². The number of carbonyl (C=O) groups excluding carboxylic acids is 1. The first-order chi connectivity index (χ1) is 17.4. The standard InChI is InChI=1S/C27H20N2O7/c1-35-21(31)12-16(15-7-8-17-18(11-15)29-10-9-28-17)22-24(32)26(34)25(33)23-19(30)13-20(36-27(22)23)14-5-3-2-4-6-14/h2-11,13,16,32-34H,12H2,1H3/t16-/m0/s1. The van der Waals surface area contributed by atoms with Crippen LogP contribution in [0.15, 0.2) is 76.2 Å². The Hall–Kier alpha value is -4.92. The van der Waals surface area contributed by atoms with Crippen LogP contribution in [-0.2, 0) is 9.53 Å². The molecule has 0 unspecified atom stereocenters. The summed E-state index contributed by atoms with van der Waals surface area (Å²) in [4.78, 5) is 34.1. The highest BCUT2D eigenvalue weighted by Gasteiger charge is 2.31. The number of aromatic nitrogens is 2. The minimum absolute atomic E-state index is 0.0520. The van der Waals surface area contributed by atoms with Crippen molar-refractivity contribution in [3.05, 3.63) is 88.3 Å². The van der Waals surface area contributed by atoms with Gasteiger partial charge in [0.05, 0.1) is 24.6 Å². The Morgan fingerprint density at radius 1 is 0.944 bits per heavy atom. The summed E-state index contributed by atoms with van der Waals surface area (Å²) in [6.45, 7) is 0. The van der Waals surface area contributed by atoms with Crippen molar-refractivity contribution in [3.63, 3.8) is 0 Å². The SMILES string of the molecule is COC(=O)C[C@@H](c1ccc2nccnc2c1)c1c(O)c(O)c(O)c2c(=O)cc(-c3ccccc3)oc12. The van der Waals surface area contributed by atoms with Crippen LogP contribution >= 0.6 is 0 Å². The normalized spacial score (nSPS) is 12.0. The molecule has 0 amide bonds. The number of esters is 1. The summed E-state index contributed by atoms with van der Waals surface area (Å²) in [6.07, 6.45) is 2.80. The molecule has 5 aromatic rings. The van der Waals surface area contributed by atoms with Gasteiger partial charge in [0.1, 0.15) is 16.7 Å². The second kappa shape index (κ2) is 9.03. The van der Waals surface area contributed by atoms with Crippen LogP contribution in [0.3, 0.4) is 0 Å². The Labute approximate surface area is 203 Å². The number of benzene rings is 3. The summed E-state index contributed by atoms with van der Waals surface area (Å²) in [6, 6.07) is 15.1. The molecule has 0 saturated heterocycles. The molecular formula is C27H20N2O7. The lowest BCUT2D eigenvalue weighted by Gasteiger charge is -2.21. The van der Waals surface area contributed by atoms with E-state index in [1.165, 1.54) is 19.4 Å². The third kappa shape index (κ3) is 3.86. The Morgan fingerprint density at radius 3 is 2.39 bits per heavy atom. The predicted molar refractivity (Wildman–Crippen MR) is 131 cm³/mol. The maximum Gasteiger partial charge on any atom is 0.306 e. The Balaban J connectivity index is 1.85. The third-order valence-corrected chi connectivity index (χ3v) is 6.03. The molecule has 0 fully saturated rings. The first kappa shape index (κ1) is 22.9. The number of fused-ring (bicyclic) bond motifs is 2. The van der Waals surface area contributed by atoms with Crippen LogP contribution in [0.1, 0.15) is 23.5 Å². The van der Waals surface area contributed by atoms with E-state index in [1.807, 2.05) is 0 Å². The van der Waals surface area contributed by atoms with E-state index in [4.69, 9.17) is 9.15 Å². The molecule has 9 heteroatoms. The number of carbonyl (C=O) groups is 1. The van der Waals surface area contributed by atoms with E-state index >= 15 is 0 Å². The summed E-state index contributed by atoms with van der Waals surface area (Å²) in [5.74, 6) is -3.80. The second-order valence-corrected chi connectivity index (χ2v) is 8.14. The molecule has 0 saturated carbocycles. The van der Waals surface area contributed by atoms with Crippen molar-refractivity contribution in [1.29, 1.82) is 0 Å². The molecule has 3 N–H and O–H groups in total. The van der Waals surface area contributed by atoms with Gasteiger partial charge in [-0.3, -0.25) is 19.6 Å². The first-order valence-electron chi connectivity index (χ1n) is 11.0. The molecule has 0 aliphatic heterocycles.